The van der Waals surface area contributed by atoms with Crippen LogP contribution in [0.15, 0.2) is 0 Å². The molecule has 1 fully saturated rings. The molecule has 1 N–H and O–H groups in total. The summed E-state index contributed by atoms with van der Waals surface area (Å²) in [6, 6.07) is -0.510. The van der Waals surface area contributed by atoms with E-state index in [1.165, 1.54) is 0 Å². The van der Waals surface area contributed by atoms with E-state index in [9.17, 15) is 4.79 Å². The summed E-state index contributed by atoms with van der Waals surface area (Å²) in [5.41, 5.74) is 1.81. The lowest BCUT2D eigenvalue weighted by atomic mass is 10.2. The predicted octanol–water partition coefficient (Wildman–Crippen LogP) is 1.05. The summed E-state index contributed by atoms with van der Waals surface area (Å²) in [5.74, 6) is -0.359. The van der Waals surface area contributed by atoms with Crippen molar-refractivity contribution in [2.45, 2.75) is 45.6 Å². The number of aryl methyl sites for hydroxylation is 2. The van der Waals surface area contributed by atoms with Crippen molar-refractivity contribution in [2.75, 3.05) is 11.4 Å². The number of hydrogen-bond acceptors (Lipinski definition) is 5. The fourth-order valence-electron chi connectivity index (χ4n) is 2.31. The highest BCUT2D eigenvalue weighted by molar-refractivity contribution is 5.77. The first kappa shape index (κ1) is 12.7. The number of carboxylic acids is 1. The maximum Gasteiger partial charge on any atom is 0.326 e. The molecule has 1 aliphatic heterocycles. The average molecular weight is 250 g/mol. The van der Waals surface area contributed by atoms with Crippen molar-refractivity contribution < 1.29 is 9.90 Å². The lowest BCUT2D eigenvalue weighted by Gasteiger charge is -2.21. The number of aromatic nitrogens is 3. The second-order valence-corrected chi connectivity index (χ2v) is 4.40. The van der Waals surface area contributed by atoms with Crippen molar-refractivity contribution in [1.29, 1.82) is 0 Å². The van der Waals surface area contributed by atoms with Crippen LogP contribution in [0.4, 0.5) is 5.95 Å². The molecule has 0 radical (unpaired) electrons. The van der Waals surface area contributed by atoms with Crippen molar-refractivity contribution in [3.8, 4) is 0 Å². The molecule has 0 bridgehead atoms. The summed E-state index contributed by atoms with van der Waals surface area (Å²) < 4.78 is 0. The minimum atomic E-state index is -0.811. The lowest BCUT2D eigenvalue weighted by Crippen LogP contribution is -2.37. The number of anilines is 1. The van der Waals surface area contributed by atoms with Gasteiger partial charge in [-0.05, 0) is 25.7 Å². The Morgan fingerprint density at radius 2 is 2.06 bits per heavy atom. The summed E-state index contributed by atoms with van der Waals surface area (Å²) in [6.45, 7) is 4.72. The molecular formula is C12H18N4O2. The van der Waals surface area contributed by atoms with E-state index in [0.717, 1.165) is 30.7 Å². The third-order valence-corrected chi connectivity index (χ3v) is 3.29. The van der Waals surface area contributed by atoms with E-state index in [-0.39, 0.29) is 0 Å². The molecule has 0 spiro atoms. The summed E-state index contributed by atoms with van der Waals surface area (Å²) in [4.78, 5) is 17.4. The maximum atomic E-state index is 11.1. The van der Waals surface area contributed by atoms with E-state index in [1.807, 2.05) is 13.8 Å². The smallest absolute Gasteiger partial charge is 0.326 e. The van der Waals surface area contributed by atoms with Gasteiger partial charge < -0.3 is 10.0 Å². The highest BCUT2D eigenvalue weighted by Gasteiger charge is 2.32. The Labute approximate surface area is 106 Å². The van der Waals surface area contributed by atoms with Gasteiger partial charge in [0.25, 0.3) is 0 Å². The van der Waals surface area contributed by atoms with Crippen LogP contribution in [0.5, 0.6) is 0 Å². The van der Waals surface area contributed by atoms with Crippen molar-refractivity contribution >= 4 is 11.9 Å². The van der Waals surface area contributed by atoms with E-state index in [4.69, 9.17) is 5.11 Å². The number of nitrogens with zero attached hydrogens (tertiary/aromatic N) is 4. The molecule has 6 heteroatoms. The quantitative estimate of drug-likeness (QED) is 0.860. The molecule has 1 atom stereocenters. The second kappa shape index (κ2) is 5.29. The number of rotatable bonds is 4. The molecular weight excluding hydrogens is 232 g/mol. The molecule has 2 rings (SSSR count). The van der Waals surface area contributed by atoms with Crippen LogP contribution in [-0.4, -0.2) is 38.8 Å². The molecule has 1 aromatic heterocycles. The fraction of sp³-hybridized carbons (Fsp3) is 0.667. The van der Waals surface area contributed by atoms with Crippen molar-refractivity contribution in [1.82, 2.24) is 15.2 Å². The zero-order chi connectivity index (χ0) is 13.1. The van der Waals surface area contributed by atoms with Crippen LogP contribution in [0, 0.1) is 0 Å². The highest BCUT2D eigenvalue weighted by Crippen LogP contribution is 2.22. The minimum absolute atomic E-state index is 0.453. The van der Waals surface area contributed by atoms with Crippen molar-refractivity contribution in [3.63, 3.8) is 0 Å². The average Bonchev–Trinajstić information content (AvgIpc) is 2.87. The fourth-order valence-corrected chi connectivity index (χ4v) is 2.31. The van der Waals surface area contributed by atoms with Crippen LogP contribution < -0.4 is 4.90 Å². The molecule has 1 aliphatic rings. The normalized spacial score (nSPS) is 19.2. The number of aliphatic carboxylic acids is 1. The van der Waals surface area contributed by atoms with E-state index >= 15 is 0 Å². The second-order valence-electron chi connectivity index (χ2n) is 4.40. The first-order valence-electron chi connectivity index (χ1n) is 6.39. The van der Waals surface area contributed by atoms with Gasteiger partial charge in [0.2, 0.25) is 5.95 Å². The minimum Gasteiger partial charge on any atom is -0.480 e. The topological polar surface area (TPSA) is 79.2 Å². The predicted molar refractivity (Wildman–Crippen MR) is 66.6 cm³/mol. The third kappa shape index (κ3) is 2.27. The number of hydrogen-bond donors (Lipinski definition) is 1. The molecule has 6 nitrogen and oxygen atoms in total. The SMILES string of the molecule is CCc1nnc(N2CCCC2C(=O)O)nc1CC. The van der Waals surface area contributed by atoms with Crippen LogP contribution in [-0.2, 0) is 17.6 Å². The first-order valence-corrected chi connectivity index (χ1v) is 6.39. The summed E-state index contributed by atoms with van der Waals surface area (Å²) >= 11 is 0. The Bertz CT molecular complexity index is 450. The first-order chi connectivity index (χ1) is 8.67. The van der Waals surface area contributed by atoms with Crippen LogP contribution in [0.1, 0.15) is 38.1 Å². The van der Waals surface area contributed by atoms with Gasteiger partial charge in [0, 0.05) is 6.54 Å². The molecule has 0 aromatic carbocycles. The van der Waals surface area contributed by atoms with Crippen LogP contribution in [0.2, 0.25) is 0 Å². The van der Waals surface area contributed by atoms with Crippen LogP contribution >= 0.6 is 0 Å². The largest absolute Gasteiger partial charge is 0.480 e. The molecule has 0 saturated carbocycles. The zero-order valence-corrected chi connectivity index (χ0v) is 10.8. The van der Waals surface area contributed by atoms with Gasteiger partial charge in [-0.25, -0.2) is 9.78 Å². The number of carboxylic acid groups (broad SMARTS) is 1. The van der Waals surface area contributed by atoms with Gasteiger partial charge in [-0.15, -0.1) is 5.10 Å². The summed E-state index contributed by atoms with van der Waals surface area (Å²) in [6.07, 6.45) is 3.09. The molecule has 2 heterocycles. The van der Waals surface area contributed by atoms with Gasteiger partial charge in [-0.3, -0.25) is 0 Å². The van der Waals surface area contributed by atoms with E-state index in [2.05, 4.69) is 15.2 Å². The highest BCUT2D eigenvalue weighted by atomic mass is 16.4. The molecule has 0 aliphatic carbocycles. The molecule has 0 amide bonds. The van der Waals surface area contributed by atoms with Gasteiger partial charge in [0.15, 0.2) is 0 Å². The summed E-state index contributed by atoms with van der Waals surface area (Å²) in [5, 5.41) is 17.4. The van der Waals surface area contributed by atoms with Crippen molar-refractivity contribution in [2.24, 2.45) is 0 Å². The van der Waals surface area contributed by atoms with E-state index in [1.54, 1.807) is 4.90 Å². The molecule has 1 unspecified atom stereocenters. The third-order valence-electron chi connectivity index (χ3n) is 3.29. The molecule has 1 saturated heterocycles. The van der Waals surface area contributed by atoms with Crippen LogP contribution in [0.3, 0.4) is 0 Å². The lowest BCUT2D eigenvalue weighted by molar-refractivity contribution is -0.138. The summed E-state index contributed by atoms with van der Waals surface area (Å²) in [7, 11) is 0. The molecule has 98 valence electrons. The van der Waals surface area contributed by atoms with Gasteiger partial charge >= 0.3 is 5.97 Å². The maximum absolute atomic E-state index is 11.1. The Kier molecular flexibility index (Phi) is 3.74. The number of carbonyl (C=O) groups is 1. The standard InChI is InChI=1S/C12H18N4O2/c1-3-8-9(4-2)14-15-12(13-8)16-7-5-6-10(16)11(17)18/h10H,3-7H2,1-2H3,(H,17,18). The van der Waals surface area contributed by atoms with Crippen molar-refractivity contribution in [3.05, 3.63) is 11.4 Å². The Morgan fingerprint density at radius 3 is 2.67 bits per heavy atom. The molecule has 18 heavy (non-hydrogen) atoms. The Balaban J connectivity index is 2.30. The van der Waals surface area contributed by atoms with Gasteiger partial charge in [0.1, 0.15) is 6.04 Å². The zero-order valence-electron chi connectivity index (χ0n) is 10.8. The van der Waals surface area contributed by atoms with Crippen LogP contribution in [0.25, 0.3) is 0 Å². The molecule has 1 aromatic rings. The Morgan fingerprint density at radius 1 is 1.33 bits per heavy atom. The monoisotopic (exact) mass is 250 g/mol. The Hall–Kier alpha value is -1.72. The van der Waals surface area contributed by atoms with E-state index < -0.39 is 12.0 Å². The van der Waals surface area contributed by atoms with Gasteiger partial charge in [-0.1, -0.05) is 13.8 Å². The van der Waals surface area contributed by atoms with Gasteiger partial charge in [0.05, 0.1) is 11.4 Å². The van der Waals surface area contributed by atoms with Gasteiger partial charge in [-0.2, -0.15) is 5.10 Å². The van der Waals surface area contributed by atoms with E-state index in [0.29, 0.717) is 18.9 Å².